The average molecular weight is 288 g/mol. The zero-order valence-corrected chi connectivity index (χ0v) is 13.3. The predicted molar refractivity (Wildman–Crippen MR) is 88.9 cm³/mol. The fourth-order valence-electron chi connectivity index (χ4n) is 3.40. The number of aromatic nitrogens is 1. The molecule has 116 valence electrons. The van der Waals surface area contributed by atoms with Crippen LogP contribution in [0, 0.1) is 5.92 Å². The van der Waals surface area contributed by atoms with E-state index in [4.69, 9.17) is 10.7 Å². The first-order valence-electron chi connectivity index (χ1n) is 8.41. The Kier molecular flexibility index (Phi) is 4.34. The van der Waals surface area contributed by atoms with Gasteiger partial charge in [-0.05, 0) is 56.9 Å². The molecule has 4 heteroatoms. The van der Waals surface area contributed by atoms with Crippen LogP contribution in [0.25, 0.3) is 0 Å². The third kappa shape index (κ3) is 3.49. The Morgan fingerprint density at radius 1 is 1.33 bits per heavy atom. The molecule has 0 bridgehead atoms. The van der Waals surface area contributed by atoms with Gasteiger partial charge in [-0.25, -0.2) is 0 Å². The van der Waals surface area contributed by atoms with Gasteiger partial charge >= 0.3 is 0 Å². The SMILES string of the molecule is CC[C@H]1CC[C@@H](N=C(C)c2c(CC3CC3)c[nH]c2N)CN1. The highest BCUT2D eigenvalue weighted by Gasteiger charge is 2.25. The number of piperidine rings is 1. The van der Waals surface area contributed by atoms with Crippen molar-refractivity contribution < 1.29 is 0 Å². The third-order valence-electron chi connectivity index (χ3n) is 4.92. The van der Waals surface area contributed by atoms with Crippen LogP contribution in [0.5, 0.6) is 0 Å². The number of hydrogen-bond donors (Lipinski definition) is 3. The van der Waals surface area contributed by atoms with Gasteiger partial charge in [0.15, 0.2) is 0 Å². The summed E-state index contributed by atoms with van der Waals surface area (Å²) in [5, 5.41) is 3.59. The van der Waals surface area contributed by atoms with Gasteiger partial charge in [-0.2, -0.15) is 0 Å². The number of aliphatic imine (C=N–C) groups is 1. The van der Waals surface area contributed by atoms with Crippen LogP contribution in [0.3, 0.4) is 0 Å². The average Bonchev–Trinajstić information content (AvgIpc) is 3.22. The number of nitrogens with zero attached hydrogens (tertiary/aromatic N) is 1. The highest BCUT2D eigenvalue weighted by atomic mass is 15.0. The molecule has 0 spiro atoms. The topological polar surface area (TPSA) is 66.2 Å². The van der Waals surface area contributed by atoms with Crippen molar-refractivity contribution >= 4 is 11.5 Å². The highest BCUT2D eigenvalue weighted by Crippen LogP contribution is 2.34. The van der Waals surface area contributed by atoms with Crippen molar-refractivity contribution in [2.75, 3.05) is 12.3 Å². The quantitative estimate of drug-likeness (QED) is 0.729. The molecular formula is C17H28N4. The van der Waals surface area contributed by atoms with Gasteiger partial charge in [0, 0.05) is 30.1 Å². The third-order valence-corrected chi connectivity index (χ3v) is 4.92. The lowest BCUT2D eigenvalue weighted by molar-refractivity contribution is 0.360. The molecular weight excluding hydrogens is 260 g/mol. The molecule has 0 radical (unpaired) electrons. The molecule has 1 aliphatic heterocycles. The fourth-order valence-corrected chi connectivity index (χ4v) is 3.40. The number of nitrogen functional groups attached to an aromatic ring is 1. The van der Waals surface area contributed by atoms with Crippen molar-refractivity contribution in [2.24, 2.45) is 10.9 Å². The first-order valence-corrected chi connectivity index (χ1v) is 8.41. The molecule has 1 aliphatic carbocycles. The first kappa shape index (κ1) is 14.6. The Morgan fingerprint density at radius 3 is 2.76 bits per heavy atom. The summed E-state index contributed by atoms with van der Waals surface area (Å²) in [7, 11) is 0. The van der Waals surface area contributed by atoms with Crippen LogP contribution in [-0.2, 0) is 6.42 Å². The number of hydrogen-bond acceptors (Lipinski definition) is 3. The highest BCUT2D eigenvalue weighted by molar-refractivity contribution is 6.04. The van der Waals surface area contributed by atoms with E-state index in [0.29, 0.717) is 12.1 Å². The number of nitrogens with one attached hydrogen (secondary N) is 2. The lowest BCUT2D eigenvalue weighted by atomic mass is 9.98. The van der Waals surface area contributed by atoms with E-state index in [-0.39, 0.29) is 0 Å². The minimum atomic E-state index is 0.399. The summed E-state index contributed by atoms with van der Waals surface area (Å²) in [6.45, 7) is 5.36. The molecule has 21 heavy (non-hydrogen) atoms. The molecule has 1 aromatic heterocycles. The Labute approximate surface area is 127 Å². The van der Waals surface area contributed by atoms with Crippen molar-refractivity contribution in [1.29, 1.82) is 0 Å². The molecule has 2 fully saturated rings. The molecule has 0 aromatic carbocycles. The van der Waals surface area contributed by atoms with Crippen molar-refractivity contribution in [3.05, 3.63) is 17.3 Å². The van der Waals surface area contributed by atoms with Crippen LogP contribution in [0.1, 0.15) is 57.1 Å². The van der Waals surface area contributed by atoms with E-state index in [9.17, 15) is 0 Å². The first-order chi connectivity index (χ1) is 10.2. The maximum absolute atomic E-state index is 6.14. The summed E-state index contributed by atoms with van der Waals surface area (Å²) in [6.07, 6.45) is 9.59. The molecule has 4 N–H and O–H groups in total. The monoisotopic (exact) mass is 288 g/mol. The van der Waals surface area contributed by atoms with Crippen LogP contribution in [0.2, 0.25) is 0 Å². The van der Waals surface area contributed by atoms with E-state index < -0.39 is 0 Å². The van der Waals surface area contributed by atoms with Crippen LogP contribution in [0.4, 0.5) is 5.82 Å². The predicted octanol–water partition coefficient (Wildman–Crippen LogP) is 2.89. The van der Waals surface area contributed by atoms with Gasteiger partial charge in [0.05, 0.1) is 6.04 Å². The zero-order chi connectivity index (χ0) is 14.8. The van der Waals surface area contributed by atoms with E-state index in [1.165, 1.54) is 43.2 Å². The molecule has 1 saturated carbocycles. The van der Waals surface area contributed by atoms with Gasteiger partial charge in [-0.15, -0.1) is 0 Å². The number of nitrogens with two attached hydrogens (primary N) is 1. The minimum absolute atomic E-state index is 0.399. The smallest absolute Gasteiger partial charge is 0.110 e. The molecule has 0 amide bonds. The zero-order valence-electron chi connectivity index (χ0n) is 13.3. The van der Waals surface area contributed by atoms with E-state index >= 15 is 0 Å². The number of H-pyrrole nitrogens is 1. The molecule has 2 heterocycles. The van der Waals surface area contributed by atoms with Gasteiger partial charge in [-0.1, -0.05) is 6.92 Å². The van der Waals surface area contributed by atoms with Gasteiger partial charge in [0.25, 0.3) is 0 Å². The molecule has 2 atom stereocenters. The molecule has 3 rings (SSSR count). The van der Waals surface area contributed by atoms with Crippen molar-refractivity contribution in [1.82, 2.24) is 10.3 Å². The van der Waals surface area contributed by atoms with E-state index in [0.717, 1.165) is 30.4 Å². The summed E-state index contributed by atoms with van der Waals surface area (Å²) >= 11 is 0. The summed E-state index contributed by atoms with van der Waals surface area (Å²) < 4.78 is 0. The molecule has 1 aromatic rings. The van der Waals surface area contributed by atoms with E-state index in [2.05, 4.69) is 30.3 Å². The maximum atomic E-state index is 6.14. The summed E-state index contributed by atoms with van der Waals surface area (Å²) in [5.74, 6) is 1.65. The Hall–Kier alpha value is -1.29. The fraction of sp³-hybridized carbons (Fsp3) is 0.706. The molecule has 4 nitrogen and oxygen atoms in total. The molecule has 0 unspecified atom stereocenters. The van der Waals surface area contributed by atoms with Crippen molar-refractivity contribution in [2.45, 2.75) is 64.5 Å². The minimum Gasteiger partial charge on any atom is -0.385 e. The Balaban J connectivity index is 1.70. The van der Waals surface area contributed by atoms with Crippen molar-refractivity contribution in [3.63, 3.8) is 0 Å². The molecule has 1 saturated heterocycles. The summed E-state index contributed by atoms with van der Waals surface area (Å²) in [6, 6.07) is 1.08. The standard InChI is InChI=1S/C17H28N4/c1-3-14-6-7-15(10-19-14)21-11(2)16-13(8-12-4-5-12)9-20-17(16)18/h9,12,14-15,19-20H,3-8,10,18H2,1-2H3/t14-,15+/m0/s1. The summed E-state index contributed by atoms with van der Waals surface area (Å²) in [5.41, 5.74) is 9.76. The second-order valence-electron chi connectivity index (χ2n) is 6.71. The van der Waals surface area contributed by atoms with Crippen LogP contribution in [-0.4, -0.2) is 29.3 Å². The summed E-state index contributed by atoms with van der Waals surface area (Å²) in [4.78, 5) is 8.14. The van der Waals surface area contributed by atoms with E-state index in [1.807, 2.05) is 0 Å². The van der Waals surface area contributed by atoms with Gasteiger partial charge in [0.2, 0.25) is 0 Å². The van der Waals surface area contributed by atoms with Crippen molar-refractivity contribution in [3.8, 4) is 0 Å². The Bertz CT molecular complexity index is 505. The van der Waals surface area contributed by atoms with Crippen LogP contribution >= 0.6 is 0 Å². The molecule has 2 aliphatic rings. The van der Waals surface area contributed by atoms with Crippen LogP contribution < -0.4 is 11.1 Å². The van der Waals surface area contributed by atoms with Gasteiger partial charge in [-0.3, -0.25) is 4.99 Å². The largest absolute Gasteiger partial charge is 0.385 e. The number of rotatable bonds is 5. The van der Waals surface area contributed by atoms with Gasteiger partial charge in [0.1, 0.15) is 5.82 Å². The van der Waals surface area contributed by atoms with Gasteiger partial charge < -0.3 is 16.0 Å². The Morgan fingerprint density at radius 2 is 2.14 bits per heavy atom. The second-order valence-corrected chi connectivity index (χ2v) is 6.71. The lowest BCUT2D eigenvalue weighted by Crippen LogP contribution is -2.40. The number of aromatic amines is 1. The number of anilines is 1. The maximum Gasteiger partial charge on any atom is 0.110 e. The van der Waals surface area contributed by atoms with Crippen LogP contribution in [0.15, 0.2) is 11.2 Å². The normalized spacial score (nSPS) is 27.0. The second kappa shape index (κ2) is 6.22. The lowest BCUT2D eigenvalue weighted by Gasteiger charge is -2.27. The van der Waals surface area contributed by atoms with E-state index in [1.54, 1.807) is 0 Å².